The molecular weight excluding hydrogens is 287 g/mol. The average molecular weight is 298 g/mol. The highest BCUT2D eigenvalue weighted by atomic mass is 19.4. The zero-order valence-corrected chi connectivity index (χ0v) is 10.9. The number of nitrogens with zero attached hydrogens (tertiary/aromatic N) is 2. The van der Waals surface area contributed by atoms with Crippen LogP contribution in [0.2, 0.25) is 0 Å². The molecule has 0 unspecified atom stereocenters. The Morgan fingerprint density at radius 1 is 1.19 bits per heavy atom. The molecule has 0 spiro atoms. The molecule has 2 aromatic rings. The standard InChI is InChI=1S/C13H11F3N3O2/c1-21-12-11(19(17)20)7-6-10(18-12)8-4-2-3-5-9(8)13(14,15)16/h2-7H,1H3,(H2,17,20)/q+1. The van der Waals surface area contributed by atoms with E-state index in [1.807, 2.05) is 0 Å². The summed E-state index contributed by atoms with van der Waals surface area (Å²) < 4.78 is 43.8. The largest absolute Gasteiger partial charge is 0.476 e. The second kappa shape index (κ2) is 5.39. The van der Waals surface area contributed by atoms with E-state index in [1.54, 1.807) is 0 Å². The molecule has 1 aromatic heterocycles. The van der Waals surface area contributed by atoms with Crippen molar-refractivity contribution in [2.75, 3.05) is 7.11 Å². The highest BCUT2D eigenvalue weighted by Gasteiger charge is 2.34. The summed E-state index contributed by atoms with van der Waals surface area (Å²) in [4.78, 5) is 15.0. The van der Waals surface area contributed by atoms with Gasteiger partial charge in [0.1, 0.15) is 0 Å². The molecule has 1 aromatic carbocycles. The van der Waals surface area contributed by atoms with Gasteiger partial charge < -0.3 is 4.74 Å². The van der Waals surface area contributed by atoms with Gasteiger partial charge in [0.15, 0.2) is 4.87 Å². The van der Waals surface area contributed by atoms with Crippen molar-refractivity contribution in [3.63, 3.8) is 0 Å². The number of alkyl halides is 3. The molecule has 0 saturated carbocycles. The van der Waals surface area contributed by atoms with E-state index in [0.717, 1.165) is 6.07 Å². The van der Waals surface area contributed by atoms with Crippen LogP contribution in [0.4, 0.5) is 18.9 Å². The van der Waals surface area contributed by atoms with Crippen LogP contribution in [-0.4, -0.2) is 17.0 Å². The molecule has 0 fully saturated rings. The third-order valence-electron chi connectivity index (χ3n) is 2.78. The van der Waals surface area contributed by atoms with Gasteiger partial charge in [0.25, 0.3) is 5.88 Å². The van der Waals surface area contributed by atoms with Crippen molar-refractivity contribution in [2.45, 2.75) is 6.18 Å². The number of pyridine rings is 1. The smallest absolute Gasteiger partial charge is 0.417 e. The fourth-order valence-electron chi connectivity index (χ4n) is 1.85. The predicted molar refractivity (Wildman–Crippen MR) is 68.7 cm³/mol. The highest BCUT2D eigenvalue weighted by molar-refractivity contribution is 5.66. The molecule has 2 rings (SSSR count). The lowest BCUT2D eigenvalue weighted by molar-refractivity contribution is -0.475. The van der Waals surface area contributed by atoms with Crippen molar-refractivity contribution in [3.05, 3.63) is 46.9 Å². The maximum absolute atomic E-state index is 13.0. The molecule has 110 valence electrons. The zero-order valence-electron chi connectivity index (χ0n) is 10.9. The Morgan fingerprint density at radius 2 is 1.86 bits per heavy atom. The SMILES string of the molecule is COc1nc(-c2ccccc2C(F)(F)F)ccc1[N+](N)=O. The molecule has 8 heteroatoms. The molecule has 21 heavy (non-hydrogen) atoms. The first-order valence-electron chi connectivity index (χ1n) is 5.78. The van der Waals surface area contributed by atoms with E-state index in [2.05, 4.69) is 4.98 Å². The van der Waals surface area contributed by atoms with Gasteiger partial charge >= 0.3 is 11.9 Å². The number of ether oxygens (including phenoxy) is 1. The van der Waals surface area contributed by atoms with E-state index in [-0.39, 0.29) is 27.7 Å². The Morgan fingerprint density at radius 3 is 2.43 bits per heavy atom. The van der Waals surface area contributed by atoms with Gasteiger partial charge in [-0.15, -0.1) is 0 Å². The van der Waals surface area contributed by atoms with Gasteiger partial charge in [0, 0.05) is 11.6 Å². The first-order chi connectivity index (χ1) is 9.84. The number of methoxy groups -OCH3 is 1. The summed E-state index contributed by atoms with van der Waals surface area (Å²) in [5.41, 5.74) is -0.973. The van der Waals surface area contributed by atoms with E-state index in [0.29, 0.717) is 0 Å². The lowest BCUT2D eigenvalue weighted by Gasteiger charge is -2.12. The normalized spacial score (nSPS) is 11.2. The molecule has 1 heterocycles. The summed E-state index contributed by atoms with van der Waals surface area (Å²) in [7, 11) is 1.24. The van der Waals surface area contributed by atoms with Gasteiger partial charge in [0.05, 0.1) is 23.3 Å². The first kappa shape index (κ1) is 14.8. The van der Waals surface area contributed by atoms with Gasteiger partial charge in [0.2, 0.25) is 0 Å². The summed E-state index contributed by atoms with van der Waals surface area (Å²) in [6.07, 6.45) is -4.51. The van der Waals surface area contributed by atoms with Crippen molar-refractivity contribution in [3.8, 4) is 17.1 Å². The van der Waals surface area contributed by atoms with Crippen LogP contribution in [0.3, 0.4) is 0 Å². The van der Waals surface area contributed by atoms with Crippen LogP contribution in [0.1, 0.15) is 5.56 Å². The van der Waals surface area contributed by atoms with Crippen LogP contribution in [0.15, 0.2) is 36.4 Å². The number of hydrogen-bond donors (Lipinski definition) is 1. The van der Waals surface area contributed by atoms with Gasteiger partial charge in [-0.1, -0.05) is 18.2 Å². The van der Waals surface area contributed by atoms with Crippen molar-refractivity contribution in [1.29, 1.82) is 0 Å². The Hall–Kier alpha value is -2.64. The molecule has 0 bridgehead atoms. The Kier molecular flexibility index (Phi) is 3.79. The van der Waals surface area contributed by atoms with Gasteiger partial charge in [-0.3, -0.25) is 0 Å². The van der Waals surface area contributed by atoms with Crippen molar-refractivity contribution < 1.29 is 22.8 Å². The Labute approximate surface area is 117 Å². The minimum absolute atomic E-state index is 0.0328. The molecular formula is C13H11F3N3O2+. The summed E-state index contributed by atoms with van der Waals surface area (Å²) in [5.74, 6) is 4.90. The van der Waals surface area contributed by atoms with E-state index < -0.39 is 11.7 Å². The van der Waals surface area contributed by atoms with Crippen molar-refractivity contribution in [1.82, 2.24) is 4.98 Å². The third-order valence-corrected chi connectivity index (χ3v) is 2.78. The van der Waals surface area contributed by atoms with Crippen LogP contribution < -0.4 is 10.6 Å². The van der Waals surface area contributed by atoms with E-state index in [4.69, 9.17) is 10.6 Å². The number of benzene rings is 1. The first-order valence-corrected chi connectivity index (χ1v) is 5.78. The maximum atomic E-state index is 13.0. The second-order valence-electron chi connectivity index (χ2n) is 4.09. The fraction of sp³-hybridized carbons (Fsp3) is 0.154. The average Bonchev–Trinajstić information content (AvgIpc) is 2.45. The predicted octanol–water partition coefficient (Wildman–Crippen LogP) is 3.06. The van der Waals surface area contributed by atoms with Crippen LogP contribution in [0.25, 0.3) is 11.3 Å². The zero-order chi connectivity index (χ0) is 15.6. The minimum atomic E-state index is -4.51. The molecule has 0 aliphatic carbocycles. The number of halogens is 3. The molecule has 0 aliphatic heterocycles. The molecule has 0 saturated heterocycles. The van der Waals surface area contributed by atoms with Gasteiger partial charge in [-0.05, 0) is 12.1 Å². The van der Waals surface area contributed by atoms with Crippen molar-refractivity contribution >= 4 is 5.69 Å². The van der Waals surface area contributed by atoms with Gasteiger partial charge in [-0.25, -0.2) is 4.98 Å². The fourth-order valence-corrected chi connectivity index (χ4v) is 1.85. The molecule has 2 N–H and O–H groups in total. The molecule has 5 nitrogen and oxygen atoms in total. The molecule has 0 radical (unpaired) electrons. The minimum Gasteiger partial charge on any atom is -0.476 e. The highest BCUT2D eigenvalue weighted by Crippen LogP contribution is 2.37. The van der Waals surface area contributed by atoms with Crippen LogP contribution in [0.5, 0.6) is 5.88 Å². The quantitative estimate of drug-likeness (QED) is 0.537. The number of nitroso groups, excluding NO2 is 1. The molecule has 0 aliphatic rings. The van der Waals surface area contributed by atoms with Crippen LogP contribution in [-0.2, 0) is 6.18 Å². The lowest BCUT2D eigenvalue weighted by atomic mass is 10.0. The third kappa shape index (κ3) is 2.93. The number of hydrazine groups is 1. The summed E-state index contributed by atoms with van der Waals surface area (Å²) in [6.45, 7) is 0. The summed E-state index contributed by atoms with van der Waals surface area (Å²) in [5, 5.41) is 0. The monoisotopic (exact) mass is 298 g/mol. The number of hydrogen-bond acceptors (Lipinski definition) is 3. The van der Waals surface area contributed by atoms with Crippen molar-refractivity contribution in [2.24, 2.45) is 5.84 Å². The second-order valence-corrected chi connectivity index (χ2v) is 4.09. The Balaban J connectivity index is 2.61. The van der Waals surface area contributed by atoms with Gasteiger partial charge in [-0.2, -0.15) is 19.0 Å². The molecule has 0 amide bonds. The number of aromatic nitrogens is 1. The van der Waals surface area contributed by atoms with E-state index in [1.165, 1.54) is 37.4 Å². The van der Waals surface area contributed by atoms with Crippen LogP contribution in [0, 0.1) is 4.91 Å². The number of rotatable bonds is 3. The maximum Gasteiger partial charge on any atom is 0.417 e. The summed E-state index contributed by atoms with van der Waals surface area (Å²) >= 11 is 0. The summed E-state index contributed by atoms with van der Waals surface area (Å²) in [6, 6.07) is 7.54. The lowest BCUT2D eigenvalue weighted by Crippen LogP contribution is -2.11. The topological polar surface area (TPSA) is 68.2 Å². The molecule has 0 atom stereocenters. The van der Waals surface area contributed by atoms with Crippen LogP contribution >= 0.6 is 0 Å². The van der Waals surface area contributed by atoms with E-state index in [9.17, 15) is 18.1 Å². The number of nitrogens with two attached hydrogens (primary N) is 1. The van der Waals surface area contributed by atoms with E-state index >= 15 is 0 Å². The Bertz CT molecular complexity index is 687.